The second-order valence-corrected chi connectivity index (χ2v) is 4.13. The number of benzene rings is 1. The third-order valence-electron chi connectivity index (χ3n) is 2.92. The van der Waals surface area contributed by atoms with Crippen molar-refractivity contribution >= 4 is 28.3 Å². The number of nitrogens with two attached hydrogens (primary N) is 1. The average molecular weight is 252 g/mol. The van der Waals surface area contributed by atoms with Crippen LogP contribution in [0.25, 0.3) is 10.9 Å². The van der Waals surface area contributed by atoms with E-state index in [9.17, 15) is 4.79 Å². The second-order valence-electron chi connectivity index (χ2n) is 4.13. The zero-order valence-corrected chi connectivity index (χ0v) is 10.1. The average Bonchev–Trinajstić information content (AvgIpc) is 2.87. The van der Waals surface area contributed by atoms with Crippen LogP contribution in [0, 0.1) is 0 Å². The van der Waals surface area contributed by atoms with Gasteiger partial charge in [0, 0.05) is 23.3 Å². The number of hydrogen-bond acceptors (Lipinski definition) is 2. The van der Waals surface area contributed by atoms with Gasteiger partial charge >= 0.3 is 6.03 Å². The van der Waals surface area contributed by atoms with E-state index in [0.717, 1.165) is 10.9 Å². The largest absolute Gasteiger partial charge is 0.361 e. The Kier molecular flexibility index (Phi) is 2.64. The molecule has 2 amide bonds. The van der Waals surface area contributed by atoms with E-state index in [1.165, 1.54) is 4.90 Å². The van der Waals surface area contributed by atoms with Crippen LogP contribution in [-0.4, -0.2) is 16.0 Å². The van der Waals surface area contributed by atoms with Gasteiger partial charge in [0.15, 0.2) is 0 Å². The predicted molar refractivity (Wildman–Crippen MR) is 74.3 cm³/mol. The first-order chi connectivity index (χ1) is 9.25. The smallest absolute Gasteiger partial charge is 0.323 e. The van der Waals surface area contributed by atoms with Crippen molar-refractivity contribution in [2.24, 2.45) is 5.73 Å². The van der Waals surface area contributed by atoms with E-state index in [2.05, 4.69) is 9.97 Å². The summed E-state index contributed by atoms with van der Waals surface area (Å²) in [5, 5.41) is 1.02. The molecule has 0 saturated carbocycles. The molecule has 0 aliphatic rings. The van der Waals surface area contributed by atoms with E-state index in [0.29, 0.717) is 11.4 Å². The third kappa shape index (κ3) is 2.01. The van der Waals surface area contributed by atoms with Crippen molar-refractivity contribution in [2.75, 3.05) is 4.90 Å². The standard InChI is InChI=1S/C14H12N4O/c15-14(19)18(12-2-1-6-16-9-12)11-3-4-13-10(8-11)5-7-17-13/h1-9,17H,(H2,15,19). The molecule has 3 N–H and O–H groups in total. The molecule has 0 radical (unpaired) electrons. The summed E-state index contributed by atoms with van der Waals surface area (Å²) in [6.45, 7) is 0. The van der Waals surface area contributed by atoms with Crippen LogP contribution >= 0.6 is 0 Å². The van der Waals surface area contributed by atoms with E-state index < -0.39 is 6.03 Å². The zero-order valence-electron chi connectivity index (χ0n) is 10.1. The number of H-pyrrole nitrogens is 1. The van der Waals surface area contributed by atoms with Crippen LogP contribution in [0.5, 0.6) is 0 Å². The summed E-state index contributed by atoms with van der Waals surface area (Å²) >= 11 is 0. The van der Waals surface area contributed by atoms with Gasteiger partial charge in [-0.05, 0) is 36.4 Å². The van der Waals surface area contributed by atoms with E-state index in [-0.39, 0.29) is 0 Å². The van der Waals surface area contributed by atoms with E-state index in [4.69, 9.17) is 5.73 Å². The number of nitrogens with zero attached hydrogens (tertiary/aromatic N) is 2. The Morgan fingerprint density at radius 3 is 2.84 bits per heavy atom. The quantitative estimate of drug-likeness (QED) is 0.735. The number of urea groups is 1. The van der Waals surface area contributed by atoms with Crippen LogP contribution in [0.15, 0.2) is 55.0 Å². The highest BCUT2D eigenvalue weighted by atomic mass is 16.2. The van der Waals surface area contributed by atoms with Crippen LogP contribution in [0.1, 0.15) is 0 Å². The number of carbonyl (C=O) groups is 1. The number of anilines is 2. The lowest BCUT2D eigenvalue weighted by Crippen LogP contribution is -2.31. The molecule has 0 bridgehead atoms. The number of pyridine rings is 1. The minimum Gasteiger partial charge on any atom is -0.361 e. The van der Waals surface area contributed by atoms with Gasteiger partial charge in [-0.2, -0.15) is 0 Å². The lowest BCUT2D eigenvalue weighted by molar-refractivity contribution is 0.256. The highest BCUT2D eigenvalue weighted by molar-refractivity contribution is 6.00. The van der Waals surface area contributed by atoms with Gasteiger partial charge in [-0.15, -0.1) is 0 Å². The summed E-state index contributed by atoms with van der Waals surface area (Å²) < 4.78 is 0. The Bertz CT molecular complexity index is 720. The van der Waals surface area contributed by atoms with Crippen molar-refractivity contribution in [3.05, 3.63) is 55.0 Å². The van der Waals surface area contributed by atoms with Crippen LogP contribution in [0.3, 0.4) is 0 Å². The zero-order chi connectivity index (χ0) is 13.2. The maximum absolute atomic E-state index is 11.7. The van der Waals surface area contributed by atoms with Crippen molar-refractivity contribution in [1.29, 1.82) is 0 Å². The minimum absolute atomic E-state index is 0.539. The first kappa shape index (κ1) is 11.3. The normalized spacial score (nSPS) is 10.5. The van der Waals surface area contributed by atoms with Crippen LogP contribution in [-0.2, 0) is 0 Å². The Morgan fingerprint density at radius 2 is 2.11 bits per heavy atom. The molecule has 0 atom stereocenters. The lowest BCUT2D eigenvalue weighted by atomic mass is 10.2. The van der Waals surface area contributed by atoms with Crippen molar-refractivity contribution in [3.63, 3.8) is 0 Å². The molecule has 0 aliphatic carbocycles. The Labute approximate surface area is 109 Å². The lowest BCUT2D eigenvalue weighted by Gasteiger charge is -2.20. The summed E-state index contributed by atoms with van der Waals surface area (Å²) in [6.07, 6.45) is 5.11. The molecule has 1 aromatic carbocycles. The number of hydrogen-bond donors (Lipinski definition) is 2. The molecule has 0 fully saturated rings. The van der Waals surface area contributed by atoms with Gasteiger partial charge < -0.3 is 10.7 Å². The molecule has 2 aromatic heterocycles. The Balaban J connectivity index is 2.12. The molecule has 94 valence electrons. The number of carbonyl (C=O) groups excluding carboxylic acids is 1. The number of primary amides is 1. The molecule has 3 rings (SSSR count). The number of aromatic nitrogens is 2. The van der Waals surface area contributed by atoms with Gasteiger partial charge in [0.1, 0.15) is 0 Å². The number of fused-ring (bicyclic) bond motifs is 1. The summed E-state index contributed by atoms with van der Waals surface area (Å²) in [6, 6.07) is 10.6. The van der Waals surface area contributed by atoms with Gasteiger partial charge in [-0.3, -0.25) is 9.88 Å². The highest BCUT2D eigenvalue weighted by Crippen LogP contribution is 2.27. The molecular formula is C14H12N4O. The third-order valence-corrected chi connectivity index (χ3v) is 2.92. The molecule has 0 aliphatic heterocycles. The van der Waals surface area contributed by atoms with Gasteiger partial charge in [-0.25, -0.2) is 4.79 Å². The molecule has 5 nitrogen and oxygen atoms in total. The topological polar surface area (TPSA) is 75.0 Å². The summed E-state index contributed by atoms with van der Waals surface area (Å²) in [7, 11) is 0. The Hall–Kier alpha value is -2.82. The molecule has 5 heteroatoms. The molecule has 0 spiro atoms. The van der Waals surface area contributed by atoms with E-state index in [1.807, 2.05) is 30.5 Å². The van der Waals surface area contributed by atoms with Crippen molar-refractivity contribution < 1.29 is 4.79 Å². The number of nitrogens with one attached hydrogen (secondary N) is 1. The van der Waals surface area contributed by atoms with Crippen LogP contribution in [0.2, 0.25) is 0 Å². The van der Waals surface area contributed by atoms with E-state index >= 15 is 0 Å². The monoisotopic (exact) mass is 252 g/mol. The molecule has 0 saturated heterocycles. The molecular weight excluding hydrogens is 240 g/mol. The van der Waals surface area contributed by atoms with Crippen LogP contribution in [0.4, 0.5) is 16.2 Å². The van der Waals surface area contributed by atoms with Gasteiger partial charge in [0.2, 0.25) is 0 Å². The van der Waals surface area contributed by atoms with Crippen molar-refractivity contribution in [1.82, 2.24) is 9.97 Å². The van der Waals surface area contributed by atoms with Crippen molar-refractivity contribution in [2.45, 2.75) is 0 Å². The first-order valence-corrected chi connectivity index (χ1v) is 5.82. The fourth-order valence-corrected chi connectivity index (χ4v) is 2.07. The van der Waals surface area contributed by atoms with Gasteiger partial charge in [0.05, 0.1) is 17.6 Å². The van der Waals surface area contributed by atoms with E-state index in [1.54, 1.807) is 24.5 Å². The summed E-state index contributed by atoms with van der Waals surface area (Å²) in [4.78, 5) is 20.2. The highest BCUT2D eigenvalue weighted by Gasteiger charge is 2.15. The molecule has 3 aromatic rings. The maximum atomic E-state index is 11.7. The summed E-state index contributed by atoms with van der Waals surface area (Å²) in [5.74, 6) is 0. The first-order valence-electron chi connectivity index (χ1n) is 5.82. The minimum atomic E-state index is -0.539. The Morgan fingerprint density at radius 1 is 1.21 bits per heavy atom. The molecule has 2 heterocycles. The predicted octanol–water partition coefficient (Wildman–Crippen LogP) is 2.78. The van der Waals surface area contributed by atoms with Crippen molar-refractivity contribution in [3.8, 4) is 0 Å². The van der Waals surface area contributed by atoms with Gasteiger partial charge in [0.25, 0.3) is 0 Å². The maximum Gasteiger partial charge on any atom is 0.323 e. The number of amides is 2. The van der Waals surface area contributed by atoms with Crippen LogP contribution < -0.4 is 10.6 Å². The SMILES string of the molecule is NC(=O)N(c1cccnc1)c1ccc2[nH]ccc2c1. The fraction of sp³-hybridized carbons (Fsp3) is 0. The summed E-state index contributed by atoms with van der Waals surface area (Å²) in [5.41, 5.74) is 7.84. The number of rotatable bonds is 2. The number of aromatic amines is 1. The van der Waals surface area contributed by atoms with Gasteiger partial charge in [-0.1, -0.05) is 0 Å². The molecule has 19 heavy (non-hydrogen) atoms. The fourth-order valence-electron chi connectivity index (χ4n) is 2.07. The molecule has 0 unspecified atom stereocenters. The second kappa shape index (κ2) is 4.45.